The molecule has 0 bridgehead atoms. The quantitative estimate of drug-likeness (QED) is 0.374. The highest BCUT2D eigenvalue weighted by molar-refractivity contribution is 7.99. The lowest BCUT2D eigenvalue weighted by Gasteiger charge is -2.10. The number of thioether (sulfide) groups is 1. The summed E-state index contributed by atoms with van der Waals surface area (Å²) in [7, 11) is 1.31. The van der Waals surface area contributed by atoms with E-state index in [1.807, 2.05) is 19.9 Å². The third-order valence-electron chi connectivity index (χ3n) is 4.08. The van der Waals surface area contributed by atoms with Gasteiger partial charge in [0.25, 0.3) is 5.56 Å². The molecule has 1 aromatic carbocycles. The van der Waals surface area contributed by atoms with Gasteiger partial charge in [-0.25, -0.2) is 9.78 Å². The Labute approximate surface area is 165 Å². The largest absolute Gasteiger partial charge is 0.465 e. The molecule has 0 aliphatic heterocycles. The van der Waals surface area contributed by atoms with Crippen LogP contribution >= 0.6 is 11.8 Å². The molecular weight excluding hydrogens is 380 g/mol. The maximum atomic E-state index is 12.6. The average Bonchev–Trinajstić information content (AvgIpc) is 3.07. The summed E-state index contributed by atoms with van der Waals surface area (Å²) < 4.78 is 6.18. The van der Waals surface area contributed by atoms with Crippen molar-refractivity contribution in [3.63, 3.8) is 0 Å². The van der Waals surface area contributed by atoms with Gasteiger partial charge < -0.3 is 15.0 Å². The van der Waals surface area contributed by atoms with Gasteiger partial charge in [-0.1, -0.05) is 11.8 Å². The number of esters is 1. The van der Waals surface area contributed by atoms with Crippen LogP contribution in [0.2, 0.25) is 0 Å². The fourth-order valence-corrected chi connectivity index (χ4v) is 3.60. The molecule has 2 heterocycles. The molecule has 0 radical (unpaired) electrons. The summed E-state index contributed by atoms with van der Waals surface area (Å²) >= 11 is 1.20. The van der Waals surface area contributed by atoms with Crippen molar-refractivity contribution in [2.45, 2.75) is 25.5 Å². The van der Waals surface area contributed by atoms with Crippen LogP contribution in [0.15, 0.2) is 40.3 Å². The number of nitrogens with zero attached hydrogens (tertiary/aromatic N) is 2. The summed E-state index contributed by atoms with van der Waals surface area (Å²) in [5, 5.41) is 3.25. The van der Waals surface area contributed by atoms with E-state index >= 15 is 0 Å². The number of ether oxygens (including phenoxy) is 1. The van der Waals surface area contributed by atoms with Crippen LogP contribution in [-0.2, 0) is 16.1 Å². The summed E-state index contributed by atoms with van der Waals surface area (Å²) in [5.74, 6) is -0.578. The summed E-state index contributed by atoms with van der Waals surface area (Å²) in [5.41, 5.74) is 2.74. The molecule has 3 aromatic rings. The first-order valence-electron chi connectivity index (χ1n) is 8.64. The Hall–Kier alpha value is -3.07. The van der Waals surface area contributed by atoms with Crippen molar-refractivity contribution in [2.24, 2.45) is 0 Å². The van der Waals surface area contributed by atoms with Gasteiger partial charge in [-0.15, -0.1) is 0 Å². The van der Waals surface area contributed by atoms with Gasteiger partial charge in [0.2, 0.25) is 5.91 Å². The SMILES string of the molecule is CCn1c(SCC(=O)Nc2ccc(C(=O)OC)cc2)nc2cc(C)[nH]c2c1=O. The van der Waals surface area contributed by atoms with E-state index in [1.165, 1.54) is 18.9 Å². The van der Waals surface area contributed by atoms with Crippen LogP contribution in [0.5, 0.6) is 0 Å². The zero-order valence-electron chi connectivity index (χ0n) is 15.7. The number of methoxy groups -OCH3 is 1. The minimum Gasteiger partial charge on any atom is -0.465 e. The smallest absolute Gasteiger partial charge is 0.337 e. The molecule has 0 saturated heterocycles. The second kappa shape index (κ2) is 8.30. The Morgan fingerprint density at radius 3 is 2.64 bits per heavy atom. The van der Waals surface area contributed by atoms with Crippen molar-refractivity contribution < 1.29 is 14.3 Å². The number of H-pyrrole nitrogens is 1. The first kappa shape index (κ1) is 19.7. The van der Waals surface area contributed by atoms with Crippen molar-refractivity contribution in [2.75, 3.05) is 18.2 Å². The van der Waals surface area contributed by atoms with Crippen molar-refractivity contribution in [1.82, 2.24) is 14.5 Å². The number of aromatic amines is 1. The maximum absolute atomic E-state index is 12.6. The number of anilines is 1. The van der Waals surface area contributed by atoms with E-state index in [0.717, 1.165) is 5.69 Å². The fraction of sp³-hybridized carbons (Fsp3) is 0.263. The van der Waals surface area contributed by atoms with Gasteiger partial charge >= 0.3 is 5.97 Å². The molecule has 3 rings (SSSR count). The number of aromatic nitrogens is 3. The molecule has 9 heteroatoms. The topological polar surface area (TPSA) is 106 Å². The second-order valence-electron chi connectivity index (χ2n) is 6.06. The minimum atomic E-state index is -0.438. The molecule has 146 valence electrons. The van der Waals surface area contributed by atoms with Crippen molar-refractivity contribution in [1.29, 1.82) is 0 Å². The first-order valence-corrected chi connectivity index (χ1v) is 9.62. The van der Waals surface area contributed by atoms with Gasteiger partial charge in [-0.3, -0.25) is 14.2 Å². The number of hydrogen-bond acceptors (Lipinski definition) is 6. The zero-order valence-corrected chi connectivity index (χ0v) is 16.6. The van der Waals surface area contributed by atoms with E-state index in [4.69, 9.17) is 0 Å². The summed E-state index contributed by atoms with van der Waals surface area (Å²) in [6.07, 6.45) is 0. The van der Waals surface area contributed by atoms with Crippen LogP contribution in [0.25, 0.3) is 11.0 Å². The van der Waals surface area contributed by atoms with Crippen molar-refractivity contribution >= 4 is 40.4 Å². The molecule has 1 amide bonds. The molecule has 0 aliphatic rings. The van der Waals surface area contributed by atoms with Crippen LogP contribution in [0.1, 0.15) is 23.0 Å². The van der Waals surface area contributed by atoms with Gasteiger partial charge in [0.05, 0.1) is 23.9 Å². The highest BCUT2D eigenvalue weighted by Crippen LogP contribution is 2.19. The number of nitrogens with one attached hydrogen (secondary N) is 2. The standard InChI is InChI=1S/C19H20N4O4S/c1-4-23-17(25)16-14(9-11(2)20-16)22-19(23)28-10-15(24)21-13-7-5-12(6-8-13)18(26)27-3/h5-9,20H,4,10H2,1-3H3,(H,21,24). The maximum Gasteiger partial charge on any atom is 0.337 e. The number of rotatable bonds is 6. The highest BCUT2D eigenvalue weighted by atomic mass is 32.2. The monoisotopic (exact) mass is 400 g/mol. The molecule has 0 aliphatic carbocycles. The molecule has 0 atom stereocenters. The van der Waals surface area contributed by atoms with Crippen molar-refractivity contribution in [3.8, 4) is 0 Å². The van der Waals surface area contributed by atoms with Crippen LogP contribution in [-0.4, -0.2) is 39.3 Å². The Morgan fingerprint density at radius 2 is 2.00 bits per heavy atom. The number of fused-ring (bicyclic) bond motifs is 1. The molecular formula is C19H20N4O4S. The Morgan fingerprint density at radius 1 is 1.29 bits per heavy atom. The Balaban J connectivity index is 1.70. The number of carbonyl (C=O) groups is 2. The predicted molar refractivity (Wildman–Crippen MR) is 108 cm³/mol. The third kappa shape index (κ3) is 4.09. The van der Waals surface area contributed by atoms with E-state index in [-0.39, 0.29) is 17.2 Å². The van der Waals surface area contributed by atoms with Gasteiger partial charge in [0.1, 0.15) is 5.52 Å². The normalized spacial score (nSPS) is 10.8. The first-order chi connectivity index (χ1) is 13.4. The minimum absolute atomic E-state index is 0.0973. The summed E-state index contributed by atoms with van der Waals surface area (Å²) in [6, 6.07) is 8.22. The molecule has 0 saturated carbocycles. The van der Waals surface area contributed by atoms with Crippen LogP contribution in [0.3, 0.4) is 0 Å². The van der Waals surface area contributed by atoms with Gasteiger partial charge in [-0.2, -0.15) is 0 Å². The highest BCUT2D eigenvalue weighted by Gasteiger charge is 2.14. The van der Waals surface area contributed by atoms with Crippen LogP contribution in [0, 0.1) is 6.92 Å². The Kier molecular flexibility index (Phi) is 5.84. The van der Waals surface area contributed by atoms with E-state index in [9.17, 15) is 14.4 Å². The molecule has 28 heavy (non-hydrogen) atoms. The van der Waals surface area contributed by atoms with Crippen LogP contribution in [0.4, 0.5) is 5.69 Å². The molecule has 0 unspecified atom stereocenters. The van der Waals surface area contributed by atoms with Gasteiger partial charge in [0.15, 0.2) is 5.16 Å². The summed E-state index contributed by atoms with van der Waals surface area (Å²) in [4.78, 5) is 43.8. The van der Waals surface area contributed by atoms with Gasteiger partial charge in [0, 0.05) is 17.9 Å². The molecule has 8 nitrogen and oxygen atoms in total. The number of carbonyl (C=O) groups excluding carboxylic acids is 2. The number of benzene rings is 1. The lowest BCUT2D eigenvalue weighted by molar-refractivity contribution is -0.113. The zero-order chi connectivity index (χ0) is 20.3. The van der Waals surface area contributed by atoms with E-state index in [0.29, 0.717) is 34.0 Å². The average molecular weight is 400 g/mol. The molecule has 0 fully saturated rings. The van der Waals surface area contributed by atoms with Crippen LogP contribution < -0.4 is 10.9 Å². The molecule has 0 spiro atoms. The van der Waals surface area contributed by atoms with E-state index < -0.39 is 5.97 Å². The lowest BCUT2D eigenvalue weighted by atomic mass is 10.2. The van der Waals surface area contributed by atoms with E-state index in [2.05, 4.69) is 20.0 Å². The fourth-order valence-electron chi connectivity index (χ4n) is 2.73. The van der Waals surface area contributed by atoms with Crippen molar-refractivity contribution in [3.05, 3.63) is 51.9 Å². The molecule has 2 N–H and O–H groups in total. The number of aryl methyl sites for hydroxylation is 1. The summed E-state index contributed by atoms with van der Waals surface area (Å²) in [6.45, 7) is 4.18. The Bertz CT molecular complexity index is 1090. The molecule has 2 aromatic heterocycles. The number of amides is 1. The lowest BCUT2D eigenvalue weighted by Crippen LogP contribution is -2.23. The predicted octanol–water partition coefficient (Wildman–Crippen LogP) is 2.57. The number of hydrogen-bond donors (Lipinski definition) is 2. The second-order valence-corrected chi connectivity index (χ2v) is 7.00. The van der Waals surface area contributed by atoms with Gasteiger partial charge in [-0.05, 0) is 44.2 Å². The van der Waals surface area contributed by atoms with E-state index in [1.54, 1.807) is 28.8 Å². The third-order valence-corrected chi connectivity index (χ3v) is 5.05.